The van der Waals surface area contributed by atoms with Crippen LogP contribution in [0.15, 0.2) is 18.2 Å². The molecule has 0 unspecified atom stereocenters. The second kappa shape index (κ2) is 3.67. The molecule has 0 aliphatic carbocycles. The lowest BCUT2D eigenvalue weighted by atomic mass is 9.88. The quantitative estimate of drug-likeness (QED) is 0.641. The van der Waals surface area contributed by atoms with E-state index < -0.39 is 0 Å². The molecule has 0 amide bonds. The number of hydrogen-bond donors (Lipinski definition) is 0. The second-order valence-corrected chi connectivity index (χ2v) is 4.84. The minimum Gasteiger partial charge on any atom is -0.207 e. The van der Waals surface area contributed by atoms with Crippen molar-refractivity contribution in [1.82, 2.24) is 0 Å². The molecule has 0 aliphatic rings. The summed E-state index contributed by atoms with van der Waals surface area (Å²) in [6.45, 7) is 6.20. The van der Waals surface area contributed by atoms with Crippen molar-refractivity contribution in [2.24, 2.45) is 5.41 Å². The molecule has 0 spiro atoms. The Balaban J connectivity index is 3.00. The summed E-state index contributed by atoms with van der Waals surface area (Å²) in [6, 6.07) is 4.81. The molecule has 13 heavy (non-hydrogen) atoms. The van der Waals surface area contributed by atoms with Crippen molar-refractivity contribution in [3.05, 3.63) is 34.6 Å². The van der Waals surface area contributed by atoms with Gasteiger partial charge in [-0.25, -0.2) is 4.39 Å². The van der Waals surface area contributed by atoms with Crippen molar-refractivity contribution in [2.45, 2.75) is 27.2 Å². The highest BCUT2D eigenvalue weighted by Crippen LogP contribution is 2.27. The Morgan fingerprint density at radius 1 is 1.31 bits per heavy atom. The molecule has 0 heterocycles. The first-order valence-corrected chi connectivity index (χ1v) is 4.71. The van der Waals surface area contributed by atoms with Gasteiger partial charge in [-0.15, -0.1) is 0 Å². The van der Waals surface area contributed by atoms with Crippen LogP contribution in [0, 0.1) is 11.2 Å². The maximum Gasteiger partial charge on any atom is 0.127 e. The first-order chi connectivity index (χ1) is 5.90. The fraction of sp³-hybridized carbons (Fsp3) is 0.455. The van der Waals surface area contributed by atoms with Gasteiger partial charge in [0.15, 0.2) is 0 Å². The highest BCUT2D eigenvalue weighted by molar-refractivity contribution is 6.31. The lowest BCUT2D eigenvalue weighted by Crippen LogP contribution is -2.10. The van der Waals surface area contributed by atoms with Gasteiger partial charge >= 0.3 is 0 Å². The normalized spacial score (nSPS) is 11.8. The zero-order valence-corrected chi connectivity index (χ0v) is 8.95. The average Bonchev–Trinajstić information content (AvgIpc) is 1.95. The van der Waals surface area contributed by atoms with E-state index in [1.54, 1.807) is 12.1 Å². The molecule has 0 radical (unpaired) electrons. The lowest BCUT2D eigenvalue weighted by molar-refractivity contribution is 0.402. The van der Waals surface area contributed by atoms with Crippen molar-refractivity contribution < 1.29 is 4.39 Å². The van der Waals surface area contributed by atoms with Crippen LogP contribution in [0.5, 0.6) is 0 Å². The van der Waals surface area contributed by atoms with Gasteiger partial charge in [-0.05, 0) is 24.0 Å². The molecule has 0 nitrogen and oxygen atoms in total. The number of hydrogen-bond acceptors (Lipinski definition) is 0. The van der Waals surface area contributed by atoms with Crippen LogP contribution in [-0.4, -0.2) is 0 Å². The molecule has 2 heteroatoms. The van der Waals surface area contributed by atoms with Crippen molar-refractivity contribution in [3.8, 4) is 0 Å². The van der Waals surface area contributed by atoms with E-state index in [1.165, 1.54) is 6.07 Å². The minimum atomic E-state index is -0.206. The van der Waals surface area contributed by atoms with Crippen molar-refractivity contribution in [1.29, 1.82) is 0 Å². The SMILES string of the molecule is CC(C)(C)Cc1c(F)cccc1Cl. The Kier molecular flexibility index (Phi) is 2.97. The molecular weight excluding hydrogens is 187 g/mol. The van der Waals surface area contributed by atoms with E-state index >= 15 is 0 Å². The predicted octanol–water partition coefficient (Wildman–Crippen LogP) is 4.07. The molecule has 1 rings (SSSR count). The third kappa shape index (κ3) is 3.00. The standard InChI is InChI=1S/C11H14ClF/c1-11(2,3)7-8-9(12)5-4-6-10(8)13/h4-6H,7H2,1-3H3. The number of halogens is 2. The summed E-state index contributed by atoms with van der Waals surface area (Å²) >= 11 is 5.90. The van der Waals surface area contributed by atoms with E-state index in [2.05, 4.69) is 20.8 Å². The Morgan fingerprint density at radius 2 is 1.92 bits per heavy atom. The van der Waals surface area contributed by atoms with Crippen LogP contribution >= 0.6 is 11.6 Å². The molecule has 0 saturated heterocycles. The zero-order chi connectivity index (χ0) is 10.1. The van der Waals surface area contributed by atoms with E-state index in [9.17, 15) is 4.39 Å². The summed E-state index contributed by atoms with van der Waals surface area (Å²) in [6.07, 6.45) is 0.665. The molecule has 1 aromatic carbocycles. The van der Waals surface area contributed by atoms with E-state index in [4.69, 9.17) is 11.6 Å². The first kappa shape index (κ1) is 10.5. The Labute approximate surface area is 83.7 Å². The minimum absolute atomic E-state index is 0.0613. The molecule has 0 aliphatic heterocycles. The molecular formula is C11H14ClF. The molecule has 0 bridgehead atoms. The topological polar surface area (TPSA) is 0 Å². The summed E-state index contributed by atoms with van der Waals surface area (Å²) in [4.78, 5) is 0. The van der Waals surface area contributed by atoms with Crippen LogP contribution in [0.4, 0.5) is 4.39 Å². The molecule has 0 atom stereocenters. The number of rotatable bonds is 1. The maximum absolute atomic E-state index is 13.3. The molecule has 0 saturated carbocycles. The fourth-order valence-electron chi connectivity index (χ4n) is 1.23. The van der Waals surface area contributed by atoms with Gasteiger partial charge in [0, 0.05) is 10.6 Å². The highest BCUT2D eigenvalue weighted by Gasteiger charge is 2.16. The van der Waals surface area contributed by atoms with Gasteiger partial charge in [0.1, 0.15) is 5.82 Å². The van der Waals surface area contributed by atoms with Crippen LogP contribution < -0.4 is 0 Å². The maximum atomic E-state index is 13.3. The molecule has 1 aromatic rings. The second-order valence-electron chi connectivity index (χ2n) is 4.44. The van der Waals surface area contributed by atoms with Gasteiger partial charge in [0.2, 0.25) is 0 Å². The fourth-order valence-corrected chi connectivity index (χ4v) is 1.46. The Bertz CT molecular complexity index is 279. The summed E-state index contributed by atoms with van der Waals surface area (Å²) in [5.74, 6) is -0.206. The van der Waals surface area contributed by atoms with Gasteiger partial charge in [0.25, 0.3) is 0 Å². The largest absolute Gasteiger partial charge is 0.207 e. The first-order valence-electron chi connectivity index (χ1n) is 4.33. The van der Waals surface area contributed by atoms with E-state index in [0.717, 1.165) is 0 Å². The Hall–Kier alpha value is -0.560. The van der Waals surface area contributed by atoms with Crippen LogP contribution in [0.25, 0.3) is 0 Å². The van der Waals surface area contributed by atoms with Crippen molar-refractivity contribution in [2.75, 3.05) is 0 Å². The summed E-state index contributed by atoms with van der Waals surface area (Å²) in [7, 11) is 0. The zero-order valence-electron chi connectivity index (χ0n) is 8.20. The van der Waals surface area contributed by atoms with E-state index in [0.29, 0.717) is 17.0 Å². The summed E-state index contributed by atoms with van der Waals surface area (Å²) in [5.41, 5.74) is 0.683. The van der Waals surface area contributed by atoms with Crippen molar-refractivity contribution >= 4 is 11.6 Å². The highest BCUT2D eigenvalue weighted by atomic mass is 35.5. The molecule has 0 aromatic heterocycles. The monoisotopic (exact) mass is 200 g/mol. The van der Waals surface area contributed by atoms with Crippen LogP contribution in [0.1, 0.15) is 26.3 Å². The Morgan fingerprint density at radius 3 is 2.38 bits per heavy atom. The van der Waals surface area contributed by atoms with Gasteiger partial charge in [-0.3, -0.25) is 0 Å². The van der Waals surface area contributed by atoms with E-state index in [1.807, 2.05) is 0 Å². The molecule has 0 N–H and O–H groups in total. The van der Waals surface area contributed by atoms with Crippen LogP contribution in [0.3, 0.4) is 0 Å². The van der Waals surface area contributed by atoms with Crippen LogP contribution in [-0.2, 0) is 6.42 Å². The smallest absolute Gasteiger partial charge is 0.127 e. The number of benzene rings is 1. The van der Waals surface area contributed by atoms with E-state index in [-0.39, 0.29) is 11.2 Å². The van der Waals surface area contributed by atoms with Gasteiger partial charge in [0.05, 0.1) is 0 Å². The lowest BCUT2D eigenvalue weighted by Gasteiger charge is -2.19. The predicted molar refractivity (Wildman–Crippen MR) is 54.6 cm³/mol. The van der Waals surface area contributed by atoms with Gasteiger partial charge < -0.3 is 0 Å². The van der Waals surface area contributed by atoms with Crippen molar-refractivity contribution in [3.63, 3.8) is 0 Å². The third-order valence-electron chi connectivity index (χ3n) is 1.77. The van der Waals surface area contributed by atoms with Gasteiger partial charge in [-0.2, -0.15) is 0 Å². The van der Waals surface area contributed by atoms with Crippen LogP contribution in [0.2, 0.25) is 5.02 Å². The third-order valence-corrected chi connectivity index (χ3v) is 2.12. The molecule has 0 fully saturated rings. The summed E-state index contributed by atoms with van der Waals surface area (Å²) < 4.78 is 13.3. The average molecular weight is 201 g/mol. The summed E-state index contributed by atoms with van der Waals surface area (Å²) in [5, 5.41) is 0.523. The molecule has 72 valence electrons. The van der Waals surface area contributed by atoms with Gasteiger partial charge in [-0.1, -0.05) is 38.4 Å².